The van der Waals surface area contributed by atoms with Gasteiger partial charge in [0.05, 0.1) is 5.52 Å². The van der Waals surface area contributed by atoms with E-state index < -0.39 is 0 Å². The molecule has 1 atom stereocenters. The van der Waals surface area contributed by atoms with E-state index in [1.54, 1.807) is 0 Å². The Balaban J connectivity index is 1.61. The van der Waals surface area contributed by atoms with E-state index in [1.807, 2.05) is 12.3 Å². The molecule has 1 aromatic carbocycles. The number of hydrogen-bond acceptors (Lipinski definition) is 3. The molecular formula is C18H25N3. The Labute approximate surface area is 127 Å². The van der Waals surface area contributed by atoms with Crippen LogP contribution in [0.4, 0.5) is 0 Å². The third kappa shape index (κ3) is 3.60. The van der Waals surface area contributed by atoms with Gasteiger partial charge in [0.1, 0.15) is 0 Å². The largest absolute Gasteiger partial charge is 0.301 e. The van der Waals surface area contributed by atoms with Gasteiger partial charge in [-0.25, -0.2) is 0 Å². The smallest absolute Gasteiger partial charge is 0.0702 e. The van der Waals surface area contributed by atoms with Crippen LogP contribution >= 0.6 is 0 Å². The van der Waals surface area contributed by atoms with E-state index in [1.165, 1.54) is 36.9 Å². The van der Waals surface area contributed by atoms with Crippen LogP contribution in [0.25, 0.3) is 10.9 Å². The first-order valence-corrected chi connectivity index (χ1v) is 7.98. The Morgan fingerprint density at radius 2 is 2.05 bits per heavy atom. The van der Waals surface area contributed by atoms with Crippen molar-refractivity contribution in [3.05, 3.63) is 42.1 Å². The molecule has 0 saturated carbocycles. The topological polar surface area (TPSA) is 19.4 Å². The fourth-order valence-corrected chi connectivity index (χ4v) is 3.35. The normalized spacial score (nSPS) is 17.7. The Morgan fingerprint density at radius 3 is 2.86 bits per heavy atom. The molecule has 3 nitrogen and oxygen atoms in total. The molecule has 2 heterocycles. The average Bonchev–Trinajstić information content (AvgIpc) is 3.01. The van der Waals surface area contributed by atoms with Gasteiger partial charge in [0.15, 0.2) is 0 Å². The molecule has 3 heteroatoms. The maximum atomic E-state index is 4.38. The molecular weight excluding hydrogens is 258 g/mol. The molecule has 0 radical (unpaired) electrons. The third-order valence-electron chi connectivity index (χ3n) is 4.46. The molecule has 0 aliphatic carbocycles. The summed E-state index contributed by atoms with van der Waals surface area (Å²) in [5.74, 6) is 0. The summed E-state index contributed by atoms with van der Waals surface area (Å²) in [6.45, 7) is 7.04. The van der Waals surface area contributed by atoms with Crippen molar-refractivity contribution in [2.45, 2.75) is 32.4 Å². The predicted octanol–water partition coefficient (Wildman–Crippen LogP) is 3.15. The van der Waals surface area contributed by atoms with Gasteiger partial charge in [-0.2, -0.15) is 0 Å². The van der Waals surface area contributed by atoms with E-state index in [0.717, 1.165) is 18.6 Å². The van der Waals surface area contributed by atoms with Crippen LogP contribution in [-0.2, 0) is 6.54 Å². The van der Waals surface area contributed by atoms with Crippen LogP contribution in [0.1, 0.15) is 25.3 Å². The minimum absolute atomic E-state index is 0.652. The minimum Gasteiger partial charge on any atom is -0.301 e. The summed E-state index contributed by atoms with van der Waals surface area (Å²) in [5, 5.41) is 1.23. The first-order valence-electron chi connectivity index (χ1n) is 7.98. The first-order chi connectivity index (χ1) is 10.2. The second-order valence-electron chi connectivity index (χ2n) is 6.32. The molecule has 0 spiro atoms. The van der Waals surface area contributed by atoms with Crippen molar-refractivity contribution in [1.82, 2.24) is 14.8 Å². The van der Waals surface area contributed by atoms with Crippen molar-refractivity contribution in [3.8, 4) is 0 Å². The Kier molecular flexibility index (Phi) is 4.51. The summed E-state index contributed by atoms with van der Waals surface area (Å²) in [6.07, 6.45) is 4.59. The second kappa shape index (κ2) is 6.54. The van der Waals surface area contributed by atoms with E-state index in [2.05, 4.69) is 53.0 Å². The van der Waals surface area contributed by atoms with Crippen LogP contribution in [0, 0.1) is 0 Å². The van der Waals surface area contributed by atoms with Gasteiger partial charge in [-0.15, -0.1) is 0 Å². The summed E-state index contributed by atoms with van der Waals surface area (Å²) in [7, 11) is 2.22. The van der Waals surface area contributed by atoms with Crippen molar-refractivity contribution >= 4 is 10.9 Å². The van der Waals surface area contributed by atoms with Crippen molar-refractivity contribution in [1.29, 1.82) is 0 Å². The van der Waals surface area contributed by atoms with Gasteiger partial charge in [-0.1, -0.05) is 12.1 Å². The van der Waals surface area contributed by atoms with Gasteiger partial charge in [0.2, 0.25) is 0 Å². The van der Waals surface area contributed by atoms with Gasteiger partial charge >= 0.3 is 0 Å². The highest BCUT2D eigenvalue weighted by molar-refractivity contribution is 5.78. The minimum atomic E-state index is 0.652. The lowest BCUT2D eigenvalue weighted by Gasteiger charge is -2.28. The van der Waals surface area contributed by atoms with Crippen LogP contribution in [-0.4, -0.2) is 47.5 Å². The number of rotatable bonds is 5. The summed E-state index contributed by atoms with van der Waals surface area (Å²) in [5.41, 5.74) is 2.45. The van der Waals surface area contributed by atoms with Crippen LogP contribution in [0.3, 0.4) is 0 Å². The molecule has 0 unspecified atom stereocenters. The van der Waals surface area contributed by atoms with Crippen molar-refractivity contribution in [3.63, 3.8) is 0 Å². The van der Waals surface area contributed by atoms with Crippen molar-refractivity contribution < 1.29 is 0 Å². The van der Waals surface area contributed by atoms with Crippen LogP contribution in [0.2, 0.25) is 0 Å². The van der Waals surface area contributed by atoms with E-state index in [0.29, 0.717) is 6.04 Å². The fourth-order valence-electron chi connectivity index (χ4n) is 3.35. The monoisotopic (exact) mass is 283 g/mol. The lowest BCUT2D eigenvalue weighted by atomic mass is 10.1. The van der Waals surface area contributed by atoms with Gasteiger partial charge in [-0.05, 0) is 63.7 Å². The average molecular weight is 283 g/mol. The Morgan fingerprint density at radius 1 is 1.24 bits per heavy atom. The van der Waals surface area contributed by atoms with Crippen LogP contribution in [0.5, 0.6) is 0 Å². The number of likely N-dealkylation sites (tertiary alicyclic amines) is 1. The summed E-state index contributed by atoms with van der Waals surface area (Å²) in [4.78, 5) is 9.42. The highest BCUT2D eigenvalue weighted by Gasteiger charge is 2.19. The van der Waals surface area contributed by atoms with E-state index in [-0.39, 0.29) is 0 Å². The molecule has 2 aromatic rings. The fraction of sp³-hybridized carbons (Fsp3) is 0.500. The number of aromatic nitrogens is 1. The molecule has 1 fully saturated rings. The lowest BCUT2D eigenvalue weighted by molar-refractivity contribution is 0.188. The lowest BCUT2D eigenvalue weighted by Crippen LogP contribution is -2.39. The quantitative estimate of drug-likeness (QED) is 0.840. The predicted molar refractivity (Wildman–Crippen MR) is 88.3 cm³/mol. The van der Waals surface area contributed by atoms with Gasteiger partial charge < -0.3 is 4.90 Å². The number of benzene rings is 1. The highest BCUT2D eigenvalue weighted by atomic mass is 15.2. The van der Waals surface area contributed by atoms with Crippen LogP contribution < -0.4 is 0 Å². The zero-order chi connectivity index (χ0) is 14.7. The summed E-state index contributed by atoms with van der Waals surface area (Å²) < 4.78 is 0. The number of likely N-dealkylation sites (N-methyl/N-ethyl adjacent to an activating group) is 1. The zero-order valence-corrected chi connectivity index (χ0v) is 13.1. The SMILES string of the molecule is C[C@H](CN(C)Cc1ccc2ncccc2c1)N1CCCC1. The second-order valence-corrected chi connectivity index (χ2v) is 6.32. The number of fused-ring (bicyclic) bond motifs is 1. The van der Waals surface area contributed by atoms with E-state index in [4.69, 9.17) is 0 Å². The number of pyridine rings is 1. The highest BCUT2D eigenvalue weighted by Crippen LogP contribution is 2.16. The number of hydrogen-bond donors (Lipinski definition) is 0. The summed E-state index contributed by atoms with van der Waals surface area (Å²) in [6, 6.07) is 11.4. The van der Waals surface area contributed by atoms with Crippen molar-refractivity contribution in [2.75, 3.05) is 26.7 Å². The standard InChI is InChI=1S/C18H25N3/c1-15(21-10-3-4-11-21)13-20(2)14-16-7-8-18-17(12-16)6-5-9-19-18/h5-9,12,15H,3-4,10-11,13-14H2,1-2H3/t15-/m1/s1. The molecule has 1 aromatic heterocycles. The summed E-state index contributed by atoms with van der Waals surface area (Å²) >= 11 is 0. The third-order valence-corrected chi connectivity index (χ3v) is 4.46. The molecule has 0 N–H and O–H groups in total. The number of nitrogens with zero attached hydrogens (tertiary/aromatic N) is 3. The Bertz CT molecular complexity index is 590. The maximum Gasteiger partial charge on any atom is 0.0702 e. The van der Waals surface area contributed by atoms with Crippen LogP contribution in [0.15, 0.2) is 36.5 Å². The molecule has 21 heavy (non-hydrogen) atoms. The molecule has 1 aliphatic heterocycles. The maximum absolute atomic E-state index is 4.38. The van der Waals surface area contributed by atoms with Crippen molar-refractivity contribution in [2.24, 2.45) is 0 Å². The molecule has 0 amide bonds. The first kappa shape index (κ1) is 14.5. The van der Waals surface area contributed by atoms with E-state index in [9.17, 15) is 0 Å². The molecule has 3 rings (SSSR count). The van der Waals surface area contributed by atoms with Gasteiger partial charge in [-0.3, -0.25) is 9.88 Å². The molecule has 112 valence electrons. The Hall–Kier alpha value is -1.45. The zero-order valence-electron chi connectivity index (χ0n) is 13.1. The van der Waals surface area contributed by atoms with E-state index >= 15 is 0 Å². The molecule has 0 bridgehead atoms. The molecule has 1 saturated heterocycles. The van der Waals surface area contributed by atoms with Gasteiger partial charge in [0, 0.05) is 30.7 Å². The molecule has 1 aliphatic rings. The van der Waals surface area contributed by atoms with Gasteiger partial charge in [0.25, 0.3) is 0 Å².